The second kappa shape index (κ2) is 9.20. The summed E-state index contributed by atoms with van der Waals surface area (Å²) >= 11 is 0. The van der Waals surface area contributed by atoms with E-state index in [1.807, 2.05) is 23.2 Å². The number of likely N-dealkylation sites (tertiary alicyclic amines) is 1. The molecular formula is C23H30N4O. The van der Waals surface area contributed by atoms with Gasteiger partial charge in [-0.15, -0.1) is 0 Å². The number of hydrogen-bond acceptors (Lipinski definition) is 3. The third-order valence-corrected chi connectivity index (χ3v) is 5.80. The van der Waals surface area contributed by atoms with Crippen LogP contribution in [0.5, 0.6) is 0 Å². The Morgan fingerprint density at radius 1 is 1.14 bits per heavy atom. The summed E-state index contributed by atoms with van der Waals surface area (Å²) in [4.78, 5) is 21.4. The van der Waals surface area contributed by atoms with E-state index in [9.17, 15) is 4.79 Å². The van der Waals surface area contributed by atoms with E-state index < -0.39 is 0 Å². The Kier molecular flexibility index (Phi) is 6.22. The zero-order valence-electron chi connectivity index (χ0n) is 16.5. The van der Waals surface area contributed by atoms with Crippen molar-refractivity contribution in [1.29, 1.82) is 0 Å². The van der Waals surface area contributed by atoms with E-state index in [0.717, 1.165) is 38.0 Å². The Labute approximate surface area is 167 Å². The van der Waals surface area contributed by atoms with Gasteiger partial charge in [-0.3, -0.25) is 4.98 Å². The van der Waals surface area contributed by atoms with Crippen molar-refractivity contribution in [3.63, 3.8) is 0 Å². The highest BCUT2D eigenvalue weighted by Gasteiger charge is 2.32. The summed E-state index contributed by atoms with van der Waals surface area (Å²) in [6.45, 7) is 4.48. The zero-order valence-corrected chi connectivity index (χ0v) is 16.5. The predicted octanol–water partition coefficient (Wildman–Crippen LogP) is 3.64. The fraction of sp³-hybridized carbons (Fsp3) is 0.478. The van der Waals surface area contributed by atoms with E-state index in [0.29, 0.717) is 25.0 Å². The molecule has 1 aliphatic carbocycles. The summed E-state index contributed by atoms with van der Waals surface area (Å²) in [6, 6.07) is 15.2. The van der Waals surface area contributed by atoms with Crippen LogP contribution in [0, 0.1) is 0 Å². The molecule has 1 aliphatic heterocycles. The highest BCUT2D eigenvalue weighted by atomic mass is 16.2. The molecule has 1 aromatic heterocycles. The topological polar surface area (TPSA) is 48.5 Å². The number of urea groups is 1. The maximum absolute atomic E-state index is 12.7. The highest BCUT2D eigenvalue weighted by molar-refractivity contribution is 5.74. The number of hydrogen-bond donors (Lipinski definition) is 1. The Balaban J connectivity index is 1.25. The largest absolute Gasteiger partial charge is 0.337 e. The van der Waals surface area contributed by atoms with Crippen LogP contribution in [0.3, 0.4) is 0 Å². The van der Waals surface area contributed by atoms with Crippen LogP contribution >= 0.6 is 0 Å². The molecule has 1 saturated carbocycles. The van der Waals surface area contributed by atoms with E-state index >= 15 is 0 Å². The van der Waals surface area contributed by atoms with E-state index in [-0.39, 0.29) is 6.03 Å². The smallest absolute Gasteiger partial charge is 0.317 e. The van der Waals surface area contributed by atoms with Crippen LogP contribution in [0.25, 0.3) is 0 Å². The quantitative estimate of drug-likeness (QED) is 0.800. The molecule has 0 bridgehead atoms. The van der Waals surface area contributed by atoms with Crippen LogP contribution < -0.4 is 5.32 Å². The van der Waals surface area contributed by atoms with Crippen molar-refractivity contribution >= 4 is 6.03 Å². The van der Waals surface area contributed by atoms with Crippen molar-refractivity contribution in [2.24, 2.45) is 0 Å². The van der Waals surface area contributed by atoms with Crippen LogP contribution in [-0.4, -0.2) is 53.0 Å². The van der Waals surface area contributed by atoms with Gasteiger partial charge in [0.25, 0.3) is 0 Å². The summed E-state index contributed by atoms with van der Waals surface area (Å²) in [5.74, 6) is 0.610. The number of nitrogens with zero attached hydrogens (tertiary/aromatic N) is 3. The molecule has 2 aromatic rings. The summed E-state index contributed by atoms with van der Waals surface area (Å²) < 4.78 is 0. The molecule has 2 fully saturated rings. The van der Waals surface area contributed by atoms with E-state index in [2.05, 4.69) is 45.5 Å². The van der Waals surface area contributed by atoms with Gasteiger partial charge in [-0.2, -0.15) is 0 Å². The summed E-state index contributed by atoms with van der Waals surface area (Å²) in [7, 11) is 0. The third-order valence-electron chi connectivity index (χ3n) is 5.80. The average Bonchev–Trinajstić information content (AvgIpc) is 3.59. The van der Waals surface area contributed by atoms with Crippen LogP contribution in [-0.2, 0) is 6.54 Å². The summed E-state index contributed by atoms with van der Waals surface area (Å²) in [6.07, 6.45) is 8.32. The number of rotatable bonds is 7. The molecule has 2 aliphatic rings. The molecule has 1 unspecified atom stereocenters. The lowest BCUT2D eigenvalue weighted by molar-refractivity contribution is 0.183. The molecule has 28 heavy (non-hydrogen) atoms. The fourth-order valence-electron chi connectivity index (χ4n) is 4.12. The van der Waals surface area contributed by atoms with Crippen molar-refractivity contribution in [3.05, 3.63) is 66.0 Å². The summed E-state index contributed by atoms with van der Waals surface area (Å²) in [5.41, 5.74) is 2.53. The van der Waals surface area contributed by atoms with E-state index in [1.165, 1.54) is 18.4 Å². The predicted molar refractivity (Wildman–Crippen MR) is 111 cm³/mol. The minimum Gasteiger partial charge on any atom is -0.337 e. The fourth-order valence-corrected chi connectivity index (χ4v) is 4.12. The molecule has 1 N–H and O–H groups in total. The van der Waals surface area contributed by atoms with Crippen LogP contribution in [0.4, 0.5) is 4.79 Å². The molecular weight excluding hydrogens is 348 g/mol. The molecule has 4 rings (SSSR count). The van der Waals surface area contributed by atoms with Crippen molar-refractivity contribution in [2.75, 3.05) is 26.2 Å². The van der Waals surface area contributed by atoms with Gasteiger partial charge in [0.1, 0.15) is 0 Å². The third kappa shape index (κ3) is 5.10. The number of pyridine rings is 1. The lowest BCUT2D eigenvalue weighted by atomic mass is 9.91. The summed E-state index contributed by atoms with van der Waals surface area (Å²) in [5, 5.41) is 3.15. The number of carbonyl (C=O) groups is 1. The first-order valence-corrected chi connectivity index (χ1v) is 10.5. The maximum Gasteiger partial charge on any atom is 0.317 e. The molecule has 2 amide bonds. The van der Waals surface area contributed by atoms with Crippen molar-refractivity contribution in [3.8, 4) is 0 Å². The van der Waals surface area contributed by atoms with E-state index in [4.69, 9.17) is 0 Å². The maximum atomic E-state index is 12.7. The molecule has 1 aromatic carbocycles. The van der Waals surface area contributed by atoms with Gasteiger partial charge < -0.3 is 15.1 Å². The Morgan fingerprint density at radius 2 is 2.00 bits per heavy atom. The monoisotopic (exact) mass is 378 g/mol. The van der Waals surface area contributed by atoms with Gasteiger partial charge in [0, 0.05) is 44.6 Å². The molecule has 0 spiro atoms. The van der Waals surface area contributed by atoms with Gasteiger partial charge >= 0.3 is 6.03 Å². The molecule has 1 saturated heterocycles. The van der Waals surface area contributed by atoms with Gasteiger partial charge in [0.05, 0.1) is 0 Å². The zero-order chi connectivity index (χ0) is 19.2. The lowest BCUT2D eigenvalue weighted by Gasteiger charge is -2.33. The second-order valence-corrected chi connectivity index (χ2v) is 8.00. The molecule has 5 nitrogen and oxygen atoms in total. The second-order valence-electron chi connectivity index (χ2n) is 8.00. The number of aromatic nitrogens is 1. The molecule has 5 heteroatoms. The van der Waals surface area contributed by atoms with Crippen molar-refractivity contribution in [2.45, 2.75) is 44.2 Å². The average molecular weight is 379 g/mol. The number of carbonyl (C=O) groups excluding carboxylic acids is 1. The normalized spacial score (nSPS) is 19.9. The number of piperidine rings is 1. The van der Waals surface area contributed by atoms with Gasteiger partial charge in [-0.05, 0) is 55.3 Å². The molecule has 0 radical (unpaired) electrons. The van der Waals surface area contributed by atoms with Crippen LogP contribution in [0.2, 0.25) is 0 Å². The first-order chi connectivity index (χ1) is 13.8. The Bertz CT molecular complexity index is 748. The van der Waals surface area contributed by atoms with Gasteiger partial charge in [0.2, 0.25) is 0 Å². The number of nitrogens with one attached hydrogen (secondary N) is 1. The Hall–Kier alpha value is -2.40. The minimum atomic E-state index is 0.0583. The first kappa shape index (κ1) is 18.9. The number of amides is 2. The number of benzene rings is 1. The van der Waals surface area contributed by atoms with Gasteiger partial charge in [0.15, 0.2) is 0 Å². The molecule has 1 atom stereocenters. The van der Waals surface area contributed by atoms with E-state index in [1.54, 1.807) is 6.20 Å². The molecule has 2 heterocycles. The highest BCUT2D eigenvalue weighted by Crippen LogP contribution is 2.28. The lowest BCUT2D eigenvalue weighted by Crippen LogP contribution is -2.45. The van der Waals surface area contributed by atoms with Gasteiger partial charge in [-0.1, -0.05) is 36.4 Å². The minimum absolute atomic E-state index is 0.0583. The first-order valence-electron chi connectivity index (χ1n) is 10.5. The van der Waals surface area contributed by atoms with Crippen molar-refractivity contribution < 1.29 is 4.79 Å². The Morgan fingerprint density at radius 3 is 2.75 bits per heavy atom. The standard InChI is InChI=1S/C23H30N4O/c28-23(27(22-10-11-22)17-19-6-4-12-24-16-19)25-13-15-26-14-5-9-21(18-26)20-7-2-1-3-8-20/h1-4,6-8,12,16,21-22H,5,9-11,13-15,17-18H2,(H,25,28). The SMILES string of the molecule is O=C(NCCN1CCCC(c2ccccc2)C1)N(Cc1cccnc1)C1CC1. The van der Waals surface area contributed by atoms with Crippen LogP contribution in [0.15, 0.2) is 54.9 Å². The van der Waals surface area contributed by atoms with Crippen LogP contribution in [0.1, 0.15) is 42.7 Å². The molecule has 148 valence electrons. The van der Waals surface area contributed by atoms with Crippen molar-refractivity contribution in [1.82, 2.24) is 20.1 Å². The van der Waals surface area contributed by atoms with Gasteiger partial charge in [-0.25, -0.2) is 4.79 Å².